The number of carbonyl (C=O) groups excluding carboxylic acids is 1. The minimum absolute atomic E-state index is 0.114. The molecule has 8 nitrogen and oxygen atoms in total. The van der Waals surface area contributed by atoms with E-state index in [-0.39, 0.29) is 17.0 Å². The number of hydrogen-bond donors (Lipinski definition) is 4. The molecule has 1 unspecified atom stereocenters. The second-order valence-electron chi connectivity index (χ2n) is 5.30. The molecule has 0 spiro atoms. The Bertz CT molecular complexity index is 932. The Morgan fingerprint density at radius 2 is 1.85 bits per heavy atom. The lowest BCUT2D eigenvalue weighted by Gasteiger charge is -2.10. The van der Waals surface area contributed by atoms with E-state index in [1.165, 1.54) is 30.5 Å². The largest absolute Gasteiger partial charge is 0.595 e. The van der Waals surface area contributed by atoms with E-state index in [9.17, 15) is 15.1 Å². The van der Waals surface area contributed by atoms with E-state index in [1.807, 2.05) is 0 Å². The molecule has 1 atom stereocenters. The summed E-state index contributed by atoms with van der Waals surface area (Å²) >= 11 is 0. The molecule has 2 aromatic carbocycles. The van der Waals surface area contributed by atoms with E-state index in [4.69, 9.17) is 9.62 Å². The number of nitrogens with one attached hydrogen (secondary N) is 2. The van der Waals surface area contributed by atoms with Crippen molar-refractivity contribution in [3.8, 4) is 17.1 Å². The zero-order chi connectivity index (χ0) is 18.5. The standard InChI is InChI=1S/C18H15N3O5/c22-16-4-2-1-3-15(16)18(23)20-19-11-14-9-10-17(26-14)12-5-7-13(8-6-12)21(24)25/h1-11,21-22,24H,(H,20,23). The van der Waals surface area contributed by atoms with Crippen LogP contribution in [0, 0.1) is 5.21 Å². The average molecular weight is 353 g/mol. The van der Waals surface area contributed by atoms with Crippen LogP contribution in [0.15, 0.2) is 70.2 Å². The summed E-state index contributed by atoms with van der Waals surface area (Å²) in [4.78, 5) is 11.9. The third-order valence-electron chi connectivity index (χ3n) is 3.55. The second-order valence-corrected chi connectivity index (χ2v) is 5.30. The van der Waals surface area contributed by atoms with Crippen LogP contribution in [0.3, 0.4) is 0 Å². The van der Waals surface area contributed by atoms with Gasteiger partial charge < -0.3 is 14.7 Å². The number of carbonyl (C=O) groups is 1. The Morgan fingerprint density at radius 3 is 2.54 bits per heavy atom. The summed E-state index contributed by atoms with van der Waals surface area (Å²) in [5, 5.41) is 32.2. The van der Waals surface area contributed by atoms with Crippen LogP contribution >= 0.6 is 0 Å². The maximum absolute atomic E-state index is 11.9. The van der Waals surface area contributed by atoms with Gasteiger partial charge in [-0.05, 0) is 36.4 Å². The molecule has 0 saturated heterocycles. The van der Waals surface area contributed by atoms with Gasteiger partial charge in [-0.2, -0.15) is 10.3 Å². The molecule has 8 heteroatoms. The Kier molecular flexibility index (Phi) is 5.09. The molecule has 0 radical (unpaired) electrons. The second kappa shape index (κ2) is 7.62. The summed E-state index contributed by atoms with van der Waals surface area (Å²) < 4.78 is 5.58. The molecule has 1 amide bonds. The van der Waals surface area contributed by atoms with Gasteiger partial charge in [0, 0.05) is 17.7 Å². The molecule has 0 aliphatic carbocycles. The number of nitrogens with zero attached hydrogens (tertiary/aromatic N) is 1. The van der Waals surface area contributed by atoms with Crippen molar-refractivity contribution in [2.45, 2.75) is 0 Å². The van der Waals surface area contributed by atoms with Gasteiger partial charge in [-0.3, -0.25) is 4.79 Å². The van der Waals surface area contributed by atoms with E-state index >= 15 is 0 Å². The van der Waals surface area contributed by atoms with Crippen molar-refractivity contribution >= 4 is 17.8 Å². The lowest BCUT2D eigenvalue weighted by Crippen LogP contribution is -2.99. The molecule has 0 aliphatic rings. The first-order valence-corrected chi connectivity index (χ1v) is 7.59. The molecule has 1 aromatic heterocycles. The molecule has 3 rings (SSSR count). The number of phenolic OH excluding ortho intramolecular Hbond substituents is 1. The zero-order valence-corrected chi connectivity index (χ0v) is 13.4. The van der Waals surface area contributed by atoms with Crippen molar-refractivity contribution in [1.29, 1.82) is 0 Å². The SMILES string of the molecule is O=C(NN=Cc1ccc(-c2ccc([NH+]([O-])O)cc2)o1)c1ccccc1O. The van der Waals surface area contributed by atoms with Gasteiger partial charge in [0.2, 0.25) is 0 Å². The first-order chi connectivity index (χ1) is 12.5. The van der Waals surface area contributed by atoms with Crippen molar-refractivity contribution in [3.05, 3.63) is 77.2 Å². The molecule has 0 fully saturated rings. The van der Waals surface area contributed by atoms with Crippen molar-refractivity contribution < 1.29 is 24.8 Å². The van der Waals surface area contributed by atoms with Crippen LogP contribution in [0.1, 0.15) is 16.1 Å². The van der Waals surface area contributed by atoms with E-state index in [1.54, 1.807) is 36.4 Å². The number of hydrazone groups is 1. The van der Waals surface area contributed by atoms with Gasteiger partial charge in [0.1, 0.15) is 17.3 Å². The monoisotopic (exact) mass is 353 g/mol. The minimum atomic E-state index is -0.996. The number of furan rings is 1. The molecule has 132 valence electrons. The Hall–Kier alpha value is -3.46. The minimum Gasteiger partial charge on any atom is -0.595 e. The van der Waals surface area contributed by atoms with Crippen molar-refractivity contribution in [1.82, 2.24) is 5.43 Å². The lowest BCUT2D eigenvalue weighted by molar-refractivity contribution is -0.991. The number of amides is 1. The van der Waals surface area contributed by atoms with Crippen LogP contribution < -0.4 is 10.7 Å². The van der Waals surface area contributed by atoms with Crippen LogP contribution in [0.5, 0.6) is 5.75 Å². The van der Waals surface area contributed by atoms with Crippen molar-refractivity contribution in [2.24, 2.45) is 5.10 Å². The molecule has 26 heavy (non-hydrogen) atoms. The van der Waals surface area contributed by atoms with Crippen LogP contribution in [0.2, 0.25) is 0 Å². The molecule has 0 bridgehead atoms. The maximum atomic E-state index is 11.9. The smallest absolute Gasteiger partial charge is 0.275 e. The van der Waals surface area contributed by atoms with Crippen LogP contribution in [-0.2, 0) is 0 Å². The van der Waals surface area contributed by atoms with Gasteiger partial charge in [0.05, 0.1) is 11.8 Å². The third kappa shape index (κ3) is 3.95. The molecule has 3 aromatic rings. The van der Waals surface area contributed by atoms with Gasteiger partial charge in [-0.15, -0.1) is 0 Å². The Balaban J connectivity index is 1.65. The van der Waals surface area contributed by atoms with Gasteiger partial charge in [0.15, 0.2) is 5.69 Å². The summed E-state index contributed by atoms with van der Waals surface area (Å²) in [5.41, 5.74) is 3.32. The van der Waals surface area contributed by atoms with Crippen LogP contribution in [0.4, 0.5) is 5.69 Å². The predicted octanol–water partition coefficient (Wildman–Crippen LogP) is 1.82. The zero-order valence-electron chi connectivity index (χ0n) is 13.4. The van der Waals surface area contributed by atoms with Crippen molar-refractivity contribution in [3.63, 3.8) is 0 Å². The first-order valence-electron chi connectivity index (χ1n) is 7.59. The summed E-state index contributed by atoms with van der Waals surface area (Å²) in [6, 6.07) is 15.8. The third-order valence-corrected chi connectivity index (χ3v) is 3.55. The number of hydrogen-bond acceptors (Lipinski definition) is 6. The molecule has 1 heterocycles. The first kappa shape index (κ1) is 17.4. The summed E-state index contributed by atoms with van der Waals surface area (Å²) in [6.45, 7) is 0. The van der Waals surface area contributed by atoms with Gasteiger partial charge in [0.25, 0.3) is 5.91 Å². The Labute approximate surface area is 148 Å². The average Bonchev–Trinajstić information content (AvgIpc) is 3.11. The number of rotatable bonds is 5. The van der Waals surface area contributed by atoms with E-state index in [0.29, 0.717) is 17.1 Å². The van der Waals surface area contributed by atoms with E-state index < -0.39 is 11.1 Å². The number of benzene rings is 2. The predicted molar refractivity (Wildman–Crippen MR) is 93.1 cm³/mol. The van der Waals surface area contributed by atoms with Crippen LogP contribution in [-0.4, -0.2) is 22.4 Å². The number of phenols is 1. The fourth-order valence-electron chi connectivity index (χ4n) is 2.23. The summed E-state index contributed by atoms with van der Waals surface area (Å²) in [7, 11) is 0. The fraction of sp³-hybridized carbons (Fsp3) is 0. The lowest BCUT2D eigenvalue weighted by atomic mass is 10.1. The fourth-order valence-corrected chi connectivity index (χ4v) is 2.23. The highest BCUT2D eigenvalue weighted by Gasteiger charge is 2.09. The Morgan fingerprint density at radius 1 is 1.12 bits per heavy atom. The number of para-hydroxylation sites is 1. The normalized spacial score (nSPS) is 12.2. The highest BCUT2D eigenvalue weighted by atomic mass is 16.8. The topological polar surface area (TPSA) is 123 Å². The highest BCUT2D eigenvalue weighted by Crippen LogP contribution is 2.22. The number of aromatic hydroxyl groups is 1. The number of quaternary nitrogens is 1. The molecule has 4 N–H and O–H groups in total. The van der Waals surface area contributed by atoms with Gasteiger partial charge >= 0.3 is 0 Å². The van der Waals surface area contributed by atoms with E-state index in [2.05, 4.69) is 10.5 Å². The quantitative estimate of drug-likeness (QED) is 0.412. The molecule has 0 saturated carbocycles. The van der Waals surface area contributed by atoms with Gasteiger partial charge in [-0.1, -0.05) is 12.1 Å². The molecular weight excluding hydrogens is 338 g/mol. The van der Waals surface area contributed by atoms with Crippen molar-refractivity contribution in [2.75, 3.05) is 0 Å². The van der Waals surface area contributed by atoms with Gasteiger partial charge in [-0.25, -0.2) is 10.6 Å². The summed E-state index contributed by atoms with van der Waals surface area (Å²) in [6.07, 6.45) is 1.33. The molecular formula is C18H15N3O5. The van der Waals surface area contributed by atoms with Crippen LogP contribution in [0.25, 0.3) is 11.3 Å². The summed E-state index contributed by atoms with van der Waals surface area (Å²) in [5.74, 6) is 0.260. The van der Waals surface area contributed by atoms with E-state index in [0.717, 1.165) is 0 Å². The maximum Gasteiger partial charge on any atom is 0.275 e. The molecule has 0 aliphatic heterocycles. The highest BCUT2D eigenvalue weighted by molar-refractivity contribution is 5.97.